The van der Waals surface area contributed by atoms with E-state index in [2.05, 4.69) is 5.32 Å². The van der Waals surface area contributed by atoms with Crippen LogP contribution < -0.4 is 10.1 Å². The molecular formula is C21H17NO3S. The molecule has 4 rings (SSSR count). The minimum atomic E-state index is -0.373. The first-order valence-corrected chi connectivity index (χ1v) is 9.27. The SMILES string of the molecule is O=C1NC(=O)C(Cc2ccc(OCc3ccccc3)c3ccccc23)S1. The molecule has 1 aliphatic rings. The van der Waals surface area contributed by atoms with E-state index in [1.54, 1.807) is 0 Å². The van der Waals surface area contributed by atoms with E-state index < -0.39 is 0 Å². The van der Waals surface area contributed by atoms with Gasteiger partial charge in [0.05, 0.1) is 5.25 Å². The maximum absolute atomic E-state index is 11.9. The molecule has 1 unspecified atom stereocenters. The van der Waals surface area contributed by atoms with Gasteiger partial charge in [0, 0.05) is 5.39 Å². The summed E-state index contributed by atoms with van der Waals surface area (Å²) in [7, 11) is 0. The number of carbonyl (C=O) groups excluding carboxylic acids is 2. The second-order valence-corrected chi connectivity index (χ2v) is 7.31. The van der Waals surface area contributed by atoms with Gasteiger partial charge in [-0.2, -0.15) is 0 Å². The van der Waals surface area contributed by atoms with Crippen molar-refractivity contribution < 1.29 is 14.3 Å². The molecular weight excluding hydrogens is 346 g/mol. The molecule has 26 heavy (non-hydrogen) atoms. The average molecular weight is 363 g/mol. The Morgan fingerprint density at radius 2 is 1.62 bits per heavy atom. The van der Waals surface area contributed by atoms with Crippen molar-refractivity contribution >= 4 is 33.7 Å². The van der Waals surface area contributed by atoms with Gasteiger partial charge in [0.1, 0.15) is 12.4 Å². The minimum absolute atomic E-state index is 0.214. The van der Waals surface area contributed by atoms with Gasteiger partial charge < -0.3 is 4.74 Å². The molecule has 0 spiro atoms. The lowest BCUT2D eigenvalue weighted by Crippen LogP contribution is -2.25. The van der Waals surface area contributed by atoms with E-state index in [1.807, 2.05) is 66.7 Å². The molecule has 1 saturated heterocycles. The second kappa shape index (κ2) is 7.22. The highest BCUT2D eigenvalue weighted by Crippen LogP contribution is 2.32. The number of thioether (sulfide) groups is 1. The molecule has 1 fully saturated rings. The van der Waals surface area contributed by atoms with Crippen LogP contribution >= 0.6 is 11.8 Å². The number of hydrogen-bond donors (Lipinski definition) is 1. The van der Waals surface area contributed by atoms with Crippen LogP contribution in [0.4, 0.5) is 4.79 Å². The lowest BCUT2D eigenvalue weighted by atomic mass is 9.99. The topological polar surface area (TPSA) is 55.4 Å². The predicted molar refractivity (Wildman–Crippen MR) is 103 cm³/mol. The van der Waals surface area contributed by atoms with Crippen LogP contribution in [-0.4, -0.2) is 16.4 Å². The molecule has 3 aromatic rings. The summed E-state index contributed by atoms with van der Waals surface area (Å²) in [5.41, 5.74) is 2.15. The van der Waals surface area contributed by atoms with E-state index in [-0.39, 0.29) is 16.4 Å². The highest BCUT2D eigenvalue weighted by Gasteiger charge is 2.31. The second-order valence-electron chi connectivity index (χ2n) is 6.13. The highest BCUT2D eigenvalue weighted by molar-refractivity contribution is 8.15. The van der Waals surface area contributed by atoms with Crippen molar-refractivity contribution in [3.8, 4) is 5.75 Å². The quantitative estimate of drug-likeness (QED) is 0.734. The predicted octanol–water partition coefficient (Wildman–Crippen LogP) is 4.31. The lowest BCUT2D eigenvalue weighted by Gasteiger charge is -2.14. The summed E-state index contributed by atoms with van der Waals surface area (Å²) in [4.78, 5) is 23.3. The van der Waals surface area contributed by atoms with Gasteiger partial charge in [-0.05, 0) is 29.0 Å². The zero-order valence-corrected chi connectivity index (χ0v) is 14.8. The van der Waals surface area contributed by atoms with Gasteiger partial charge >= 0.3 is 0 Å². The van der Waals surface area contributed by atoms with Crippen LogP contribution in [0.15, 0.2) is 66.7 Å². The van der Waals surface area contributed by atoms with Crippen molar-refractivity contribution in [2.24, 2.45) is 0 Å². The summed E-state index contributed by atoms with van der Waals surface area (Å²) in [5.74, 6) is 0.598. The van der Waals surface area contributed by atoms with Crippen molar-refractivity contribution in [1.82, 2.24) is 5.32 Å². The van der Waals surface area contributed by atoms with Crippen molar-refractivity contribution in [3.05, 3.63) is 77.9 Å². The fourth-order valence-electron chi connectivity index (χ4n) is 3.10. The Morgan fingerprint density at radius 3 is 2.35 bits per heavy atom. The molecule has 1 aliphatic heterocycles. The summed E-state index contributed by atoms with van der Waals surface area (Å²) in [5, 5.41) is 3.76. The third kappa shape index (κ3) is 3.44. The number of hydrogen-bond acceptors (Lipinski definition) is 4. The van der Waals surface area contributed by atoms with E-state index in [0.717, 1.165) is 39.4 Å². The molecule has 0 radical (unpaired) electrons. The number of rotatable bonds is 5. The standard InChI is InChI=1S/C21H17NO3S/c23-20-19(26-21(24)22-20)12-15-10-11-18(17-9-5-4-8-16(15)17)25-13-14-6-2-1-3-7-14/h1-11,19H,12-13H2,(H,22,23,24). The maximum Gasteiger partial charge on any atom is 0.286 e. The fraction of sp³-hybridized carbons (Fsp3) is 0.143. The Bertz CT molecular complexity index is 971. The number of fused-ring (bicyclic) bond motifs is 1. The Morgan fingerprint density at radius 1 is 0.885 bits per heavy atom. The van der Waals surface area contributed by atoms with E-state index in [0.29, 0.717) is 13.0 Å². The molecule has 3 aromatic carbocycles. The molecule has 0 aromatic heterocycles. The van der Waals surface area contributed by atoms with E-state index in [4.69, 9.17) is 4.74 Å². The highest BCUT2D eigenvalue weighted by atomic mass is 32.2. The molecule has 2 amide bonds. The average Bonchev–Trinajstić information content (AvgIpc) is 2.99. The summed E-state index contributed by atoms with van der Waals surface area (Å²) in [6, 6.07) is 22.0. The zero-order chi connectivity index (χ0) is 17.9. The van der Waals surface area contributed by atoms with Crippen LogP contribution in [0.1, 0.15) is 11.1 Å². The molecule has 1 atom stereocenters. The smallest absolute Gasteiger partial charge is 0.286 e. The molecule has 130 valence electrons. The first kappa shape index (κ1) is 16.7. The van der Waals surface area contributed by atoms with Crippen LogP contribution in [-0.2, 0) is 17.8 Å². The van der Waals surface area contributed by atoms with Crippen LogP contribution in [0.2, 0.25) is 0 Å². The van der Waals surface area contributed by atoms with Gasteiger partial charge in [0.15, 0.2) is 0 Å². The minimum Gasteiger partial charge on any atom is -0.488 e. The Labute approximate surface area is 155 Å². The van der Waals surface area contributed by atoms with Gasteiger partial charge in [-0.3, -0.25) is 14.9 Å². The van der Waals surface area contributed by atoms with Crippen LogP contribution in [0.3, 0.4) is 0 Å². The molecule has 0 saturated carbocycles. The zero-order valence-electron chi connectivity index (χ0n) is 14.0. The van der Waals surface area contributed by atoms with Gasteiger partial charge in [0.2, 0.25) is 5.91 Å². The van der Waals surface area contributed by atoms with E-state index >= 15 is 0 Å². The largest absolute Gasteiger partial charge is 0.488 e. The molecule has 0 aliphatic carbocycles. The van der Waals surface area contributed by atoms with Crippen molar-refractivity contribution in [1.29, 1.82) is 0 Å². The summed E-state index contributed by atoms with van der Waals surface area (Å²) in [6.45, 7) is 0.500. The third-order valence-electron chi connectivity index (χ3n) is 4.38. The molecule has 5 heteroatoms. The lowest BCUT2D eigenvalue weighted by molar-refractivity contribution is -0.118. The summed E-state index contributed by atoms with van der Waals surface area (Å²) >= 11 is 1.06. The Hall–Kier alpha value is -2.79. The van der Waals surface area contributed by atoms with Gasteiger partial charge in [0.25, 0.3) is 5.24 Å². The fourth-order valence-corrected chi connectivity index (χ4v) is 3.95. The van der Waals surface area contributed by atoms with Gasteiger partial charge in [-0.25, -0.2) is 0 Å². The maximum atomic E-state index is 11.9. The number of nitrogens with one attached hydrogen (secondary N) is 1. The van der Waals surface area contributed by atoms with Crippen molar-refractivity contribution in [3.63, 3.8) is 0 Å². The Balaban J connectivity index is 1.61. The first-order chi connectivity index (χ1) is 12.7. The summed E-state index contributed by atoms with van der Waals surface area (Å²) in [6.07, 6.45) is 0.516. The van der Waals surface area contributed by atoms with Gasteiger partial charge in [-0.15, -0.1) is 0 Å². The van der Waals surface area contributed by atoms with Crippen LogP contribution in [0, 0.1) is 0 Å². The van der Waals surface area contributed by atoms with Crippen molar-refractivity contribution in [2.75, 3.05) is 0 Å². The monoisotopic (exact) mass is 363 g/mol. The van der Waals surface area contributed by atoms with Crippen LogP contribution in [0.25, 0.3) is 10.8 Å². The van der Waals surface area contributed by atoms with Crippen molar-refractivity contribution in [2.45, 2.75) is 18.3 Å². The number of carbonyl (C=O) groups is 2. The molecule has 1 heterocycles. The molecule has 1 N–H and O–H groups in total. The number of imide groups is 1. The third-order valence-corrected chi connectivity index (χ3v) is 5.37. The summed E-state index contributed by atoms with van der Waals surface area (Å²) < 4.78 is 6.03. The molecule has 4 nitrogen and oxygen atoms in total. The van der Waals surface area contributed by atoms with Gasteiger partial charge in [-0.1, -0.05) is 72.4 Å². The first-order valence-electron chi connectivity index (χ1n) is 8.39. The number of amides is 2. The van der Waals surface area contributed by atoms with Crippen LogP contribution in [0.5, 0.6) is 5.75 Å². The number of benzene rings is 3. The normalized spacial score (nSPS) is 16.7. The Kier molecular flexibility index (Phi) is 4.63. The number of ether oxygens (including phenoxy) is 1. The van der Waals surface area contributed by atoms with E-state index in [9.17, 15) is 9.59 Å². The molecule has 0 bridgehead atoms. The van der Waals surface area contributed by atoms with E-state index in [1.165, 1.54) is 0 Å².